The van der Waals surface area contributed by atoms with Gasteiger partial charge in [0.05, 0.1) is 9.09 Å². The van der Waals surface area contributed by atoms with Crippen molar-refractivity contribution in [2.75, 3.05) is 0 Å². The molecule has 0 bridgehead atoms. The van der Waals surface area contributed by atoms with Crippen LogP contribution in [0, 0.1) is 5.82 Å². The smallest absolute Gasteiger partial charge is 0.160 e. The van der Waals surface area contributed by atoms with Crippen LogP contribution in [0.1, 0.15) is 9.67 Å². The first-order valence-corrected chi connectivity index (χ1v) is 6.79. The molecule has 0 spiro atoms. The SMILES string of the molecule is O=Cc1cc(Br)c(Sc2cccc(F)c2)s1. The van der Waals surface area contributed by atoms with Gasteiger partial charge in [0.25, 0.3) is 0 Å². The molecule has 1 nitrogen and oxygen atoms in total. The van der Waals surface area contributed by atoms with Crippen LogP contribution < -0.4 is 0 Å². The molecule has 82 valence electrons. The average Bonchev–Trinajstić information content (AvgIpc) is 2.60. The van der Waals surface area contributed by atoms with Crippen molar-refractivity contribution in [3.63, 3.8) is 0 Å². The van der Waals surface area contributed by atoms with E-state index in [0.29, 0.717) is 4.88 Å². The second-order valence-corrected chi connectivity index (χ2v) is 6.24. The zero-order valence-corrected chi connectivity index (χ0v) is 11.2. The lowest BCUT2D eigenvalue weighted by Crippen LogP contribution is -1.74. The maximum atomic E-state index is 13.0. The minimum atomic E-state index is -0.256. The van der Waals surface area contributed by atoms with Gasteiger partial charge >= 0.3 is 0 Å². The van der Waals surface area contributed by atoms with Crippen LogP contribution in [-0.2, 0) is 0 Å². The van der Waals surface area contributed by atoms with Gasteiger partial charge in [-0.1, -0.05) is 17.8 Å². The molecule has 2 aromatic rings. The summed E-state index contributed by atoms with van der Waals surface area (Å²) < 4.78 is 14.8. The molecule has 0 aliphatic carbocycles. The molecule has 0 aliphatic rings. The van der Waals surface area contributed by atoms with Crippen LogP contribution >= 0.6 is 39.0 Å². The number of halogens is 2. The number of carbonyl (C=O) groups is 1. The molecule has 0 radical (unpaired) electrons. The molecule has 1 heterocycles. The zero-order valence-electron chi connectivity index (χ0n) is 7.94. The standard InChI is InChI=1S/C11H6BrFOS2/c12-10-5-9(6-14)16-11(10)15-8-3-1-2-7(13)4-8/h1-6H. The Morgan fingerprint density at radius 3 is 2.81 bits per heavy atom. The third kappa shape index (κ3) is 2.72. The number of aldehydes is 1. The second-order valence-electron chi connectivity index (χ2n) is 2.96. The van der Waals surface area contributed by atoms with E-state index in [-0.39, 0.29) is 5.82 Å². The lowest BCUT2D eigenvalue weighted by Gasteiger charge is -1.98. The van der Waals surface area contributed by atoms with E-state index in [4.69, 9.17) is 0 Å². The summed E-state index contributed by atoms with van der Waals surface area (Å²) in [6, 6.07) is 8.14. The number of benzene rings is 1. The van der Waals surface area contributed by atoms with Gasteiger partial charge in [-0.15, -0.1) is 11.3 Å². The van der Waals surface area contributed by atoms with Crippen LogP contribution in [0.5, 0.6) is 0 Å². The summed E-state index contributed by atoms with van der Waals surface area (Å²) in [5.74, 6) is -0.256. The summed E-state index contributed by atoms with van der Waals surface area (Å²) in [7, 11) is 0. The maximum absolute atomic E-state index is 13.0. The van der Waals surface area contributed by atoms with Crippen molar-refractivity contribution in [3.8, 4) is 0 Å². The number of hydrogen-bond donors (Lipinski definition) is 0. The summed E-state index contributed by atoms with van der Waals surface area (Å²) >= 11 is 6.19. The van der Waals surface area contributed by atoms with Gasteiger partial charge in [-0.3, -0.25) is 4.79 Å². The molecule has 0 atom stereocenters. The molecule has 16 heavy (non-hydrogen) atoms. The Balaban J connectivity index is 2.26. The Kier molecular flexibility index (Phi) is 3.78. The van der Waals surface area contributed by atoms with Crippen molar-refractivity contribution in [2.24, 2.45) is 0 Å². The van der Waals surface area contributed by atoms with E-state index in [9.17, 15) is 9.18 Å². The average molecular weight is 317 g/mol. The molecule has 0 amide bonds. The van der Waals surface area contributed by atoms with E-state index in [0.717, 1.165) is 19.9 Å². The summed E-state index contributed by atoms with van der Waals surface area (Å²) in [5, 5.41) is 0. The molecular formula is C11H6BrFOS2. The number of rotatable bonds is 3. The van der Waals surface area contributed by atoms with Crippen LogP contribution in [0.15, 0.2) is 43.9 Å². The fourth-order valence-corrected chi connectivity index (χ4v) is 4.05. The van der Waals surface area contributed by atoms with Gasteiger partial charge in [-0.2, -0.15) is 0 Å². The molecule has 0 fully saturated rings. The Morgan fingerprint density at radius 2 is 2.19 bits per heavy atom. The zero-order chi connectivity index (χ0) is 11.5. The summed E-state index contributed by atoms with van der Waals surface area (Å²) in [5.41, 5.74) is 0. The van der Waals surface area contributed by atoms with Gasteiger partial charge in [0, 0.05) is 9.37 Å². The quantitative estimate of drug-likeness (QED) is 0.769. The molecule has 5 heteroatoms. The second kappa shape index (κ2) is 5.12. The lowest BCUT2D eigenvalue weighted by molar-refractivity contribution is 0.112. The summed E-state index contributed by atoms with van der Waals surface area (Å²) in [4.78, 5) is 12.1. The largest absolute Gasteiger partial charge is 0.297 e. The lowest BCUT2D eigenvalue weighted by atomic mass is 10.4. The fraction of sp³-hybridized carbons (Fsp3) is 0. The van der Waals surface area contributed by atoms with Crippen LogP contribution in [0.25, 0.3) is 0 Å². The van der Waals surface area contributed by atoms with E-state index in [1.807, 2.05) is 6.07 Å². The summed E-state index contributed by atoms with van der Waals surface area (Å²) in [6.45, 7) is 0. The highest BCUT2D eigenvalue weighted by molar-refractivity contribution is 9.10. The highest BCUT2D eigenvalue weighted by Crippen LogP contribution is 2.39. The Hall–Kier alpha value is -0.650. The first-order valence-electron chi connectivity index (χ1n) is 4.37. The summed E-state index contributed by atoms with van der Waals surface area (Å²) in [6.07, 6.45) is 0.811. The van der Waals surface area contributed by atoms with Crippen LogP contribution in [0.4, 0.5) is 4.39 Å². The Bertz CT molecular complexity index is 524. The molecule has 1 aromatic carbocycles. The monoisotopic (exact) mass is 316 g/mol. The highest BCUT2D eigenvalue weighted by atomic mass is 79.9. The molecule has 2 rings (SSSR count). The minimum absolute atomic E-state index is 0.256. The van der Waals surface area contributed by atoms with E-state index in [1.54, 1.807) is 12.1 Å². The topological polar surface area (TPSA) is 17.1 Å². The van der Waals surface area contributed by atoms with Gasteiger partial charge in [-0.05, 0) is 40.2 Å². The normalized spacial score (nSPS) is 10.4. The highest BCUT2D eigenvalue weighted by Gasteiger charge is 2.08. The van der Waals surface area contributed by atoms with E-state index in [1.165, 1.54) is 35.2 Å². The third-order valence-electron chi connectivity index (χ3n) is 1.80. The van der Waals surface area contributed by atoms with Crippen molar-refractivity contribution in [1.29, 1.82) is 0 Å². The van der Waals surface area contributed by atoms with E-state index < -0.39 is 0 Å². The molecular weight excluding hydrogens is 311 g/mol. The van der Waals surface area contributed by atoms with Gasteiger partial charge in [0.1, 0.15) is 5.82 Å². The van der Waals surface area contributed by atoms with Crippen molar-refractivity contribution in [3.05, 3.63) is 45.5 Å². The van der Waals surface area contributed by atoms with E-state index in [2.05, 4.69) is 15.9 Å². The Labute approximate surface area is 109 Å². The fourth-order valence-electron chi connectivity index (χ4n) is 1.13. The van der Waals surface area contributed by atoms with Crippen molar-refractivity contribution in [1.82, 2.24) is 0 Å². The van der Waals surface area contributed by atoms with Gasteiger partial charge in [-0.25, -0.2) is 4.39 Å². The third-order valence-corrected chi connectivity index (χ3v) is 5.20. The van der Waals surface area contributed by atoms with Crippen LogP contribution in [0.3, 0.4) is 0 Å². The molecule has 1 aromatic heterocycles. The number of hydrogen-bond acceptors (Lipinski definition) is 3. The maximum Gasteiger partial charge on any atom is 0.160 e. The Morgan fingerprint density at radius 1 is 1.38 bits per heavy atom. The predicted molar refractivity (Wildman–Crippen MR) is 67.9 cm³/mol. The predicted octanol–water partition coefficient (Wildman–Crippen LogP) is 4.61. The molecule has 0 saturated heterocycles. The first-order chi connectivity index (χ1) is 7.69. The van der Waals surface area contributed by atoms with Crippen LogP contribution in [0.2, 0.25) is 0 Å². The molecule has 0 saturated carbocycles. The van der Waals surface area contributed by atoms with Gasteiger partial charge < -0.3 is 0 Å². The van der Waals surface area contributed by atoms with Crippen molar-refractivity contribution >= 4 is 45.3 Å². The number of carbonyl (C=O) groups excluding carboxylic acids is 1. The number of thiophene rings is 1. The molecule has 0 aliphatic heterocycles. The first kappa shape index (κ1) is 11.8. The molecule has 0 N–H and O–H groups in total. The minimum Gasteiger partial charge on any atom is -0.297 e. The van der Waals surface area contributed by atoms with Crippen LogP contribution in [-0.4, -0.2) is 6.29 Å². The molecule has 0 unspecified atom stereocenters. The van der Waals surface area contributed by atoms with Crippen molar-refractivity contribution in [2.45, 2.75) is 9.10 Å². The van der Waals surface area contributed by atoms with Crippen molar-refractivity contribution < 1.29 is 9.18 Å². The van der Waals surface area contributed by atoms with Gasteiger partial charge in [0.15, 0.2) is 6.29 Å². The van der Waals surface area contributed by atoms with Gasteiger partial charge in [0.2, 0.25) is 0 Å². The van der Waals surface area contributed by atoms with E-state index >= 15 is 0 Å².